The molecule has 0 heterocycles. The van der Waals surface area contributed by atoms with Crippen molar-refractivity contribution in [2.24, 2.45) is 0 Å². The van der Waals surface area contributed by atoms with Crippen molar-refractivity contribution in [2.75, 3.05) is 19.0 Å². The van der Waals surface area contributed by atoms with E-state index in [1.54, 1.807) is 13.2 Å². The molecule has 22 heavy (non-hydrogen) atoms. The maximum absolute atomic E-state index is 12.0. The molecule has 1 fully saturated rings. The van der Waals surface area contributed by atoms with Crippen molar-refractivity contribution in [3.05, 3.63) is 23.2 Å². The number of carbonyl (C=O) groups excluding carboxylic acids is 1. The predicted molar refractivity (Wildman–Crippen MR) is 90.7 cm³/mol. The summed E-state index contributed by atoms with van der Waals surface area (Å²) in [5, 5.41) is 7.01. The first-order valence-corrected chi connectivity index (χ1v) is 8.43. The van der Waals surface area contributed by atoms with Crippen LogP contribution in [0.4, 0.5) is 5.69 Å². The van der Waals surface area contributed by atoms with Gasteiger partial charge in [-0.3, -0.25) is 4.79 Å². The van der Waals surface area contributed by atoms with Crippen LogP contribution in [0.2, 0.25) is 5.02 Å². The Hall–Kier alpha value is -1.42. The van der Waals surface area contributed by atoms with Gasteiger partial charge in [-0.15, -0.1) is 0 Å². The Balaban J connectivity index is 1.75. The molecule has 4 nitrogen and oxygen atoms in total. The number of hydrogen-bond acceptors (Lipinski definition) is 3. The summed E-state index contributed by atoms with van der Waals surface area (Å²) in [6.07, 6.45) is 7.71. The number of rotatable bonds is 6. The Bertz CT molecular complexity index is 486. The average molecular weight is 325 g/mol. The topological polar surface area (TPSA) is 50.4 Å². The summed E-state index contributed by atoms with van der Waals surface area (Å²) < 4.78 is 5.27. The van der Waals surface area contributed by atoms with E-state index in [0.717, 1.165) is 24.3 Å². The van der Waals surface area contributed by atoms with Crippen molar-refractivity contribution < 1.29 is 9.53 Å². The van der Waals surface area contributed by atoms with Gasteiger partial charge in [0.25, 0.3) is 0 Å². The smallest absolute Gasteiger partial charge is 0.221 e. The van der Waals surface area contributed by atoms with Gasteiger partial charge in [-0.2, -0.15) is 0 Å². The minimum absolute atomic E-state index is 0.111. The molecule has 122 valence electrons. The summed E-state index contributed by atoms with van der Waals surface area (Å²) in [6, 6.07) is 5.76. The van der Waals surface area contributed by atoms with Crippen LogP contribution in [0.1, 0.15) is 44.9 Å². The molecule has 1 aliphatic carbocycles. The van der Waals surface area contributed by atoms with Gasteiger partial charge in [0, 0.05) is 24.0 Å². The van der Waals surface area contributed by atoms with Crippen LogP contribution in [0, 0.1) is 0 Å². The number of nitrogens with one attached hydrogen (secondary N) is 2. The van der Waals surface area contributed by atoms with Gasteiger partial charge in [0.2, 0.25) is 5.91 Å². The SMILES string of the molecule is COc1ccc(Cl)cc1NCCC(=O)NC1CCCCCC1. The van der Waals surface area contributed by atoms with Crippen LogP contribution in [0.5, 0.6) is 5.75 Å². The summed E-state index contributed by atoms with van der Waals surface area (Å²) in [5.74, 6) is 0.842. The van der Waals surface area contributed by atoms with E-state index in [4.69, 9.17) is 16.3 Å². The monoisotopic (exact) mass is 324 g/mol. The third-order valence-electron chi connectivity index (χ3n) is 4.05. The standard InChI is InChI=1S/C17H25ClN2O2/c1-22-16-9-8-13(18)12-15(16)19-11-10-17(21)20-14-6-4-2-3-5-7-14/h8-9,12,14,19H,2-7,10-11H2,1H3,(H,20,21). The molecular weight excluding hydrogens is 300 g/mol. The highest BCUT2D eigenvalue weighted by Crippen LogP contribution is 2.27. The van der Waals surface area contributed by atoms with E-state index >= 15 is 0 Å². The molecule has 2 N–H and O–H groups in total. The summed E-state index contributed by atoms with van der Waals surface area (Å²) in [6.45, 7) is 0.565. The van der Waals surface area contributed by atoms with Gasteiger partial charge in [-0.05, 0) is 31.0 Å². The maximum Gasteiger partial charge on any atom is 0.221 e. The van der Waals surface area contributed by atoms with Crippen molar-refractivity contribution in [1.29, 1.82) is 0 Å². The molecule has 0 aliphatic heterocycles. The molecule has 1 aromatic carbocycles. The molecule has 0 bridgehead atoms. The highest BCUT2D eigenvalue weighted by Gasteiger charge is 2.14. The number of methoxy groups -OCH3 is 1. The lowest BCUT2D eigenvalue weighted by molar-refractivity contribution is -0.121. The third-order valence-corrected chi connectivity index (χ3v) is 4.28. The second-order valence-electron chi connectivity index (χ2n) is 5.78. The molecule has 0 aromatic heterocycles. The van der Waals surface area contributed by atoms with Crippen molar-refractivity contribution in [2.45, 2.75) is 51.0 Å². The van der Waals surface area contributed by atoms with Gasteiger partial charge in [-0.25, -0.2) is 0 Å². The van der Waals surface area contributed by atoms with Crippen molar-refractivity contribution in [3.8, 4) is 5.75 Å². The number of amides is 1. The lowest BCUT2D eigenvalue weighted by atomic mass is 10.1. The highest BCUT2D eigenvalue weighted by atomic mass is 35.5. The summed E-state index contributed by atoms with van der Waals surface area (Å²) >= 11 is 5.98. The van der Waals surface area contributed by atoms with Crippen molar-refractivity contribution in [3.63, 3.8) is 0 Å². The largest absolute Gasteiger partial charge is 0.495 e. The molecule has 1 aliphatic rings. The zero-order chi connectivity index (χ0) is 15.8. The molecular formula is C17H25ClN2O2. The molecule has 2 rings (SSSR count). The molecule has 1 amide bonds. The molecule has 0 spiro atoms. The van der Waals surface area contributed by atoms with E-state index in [0.29, 0.717) is 24.0 Å². The number of benzene rings is 1. The molecule has 0 unspecified atom stereocenters. The second kappa shape index (κ2) is 8.89. The fraction of sp³-hybridized carbons (Fsp3) is 0.588. The third kappa shape index (κ3) is 5.41. The summed E-state index contributed by atoms with van der Waals surface area (Å²) in [5.41, 5.74) is 0.817. The van der Waals surface area contributed by atoms with E-state index in [-0.39, 0.29) is 5.91 Å². The van der Waals surface area contributed by atoms with E-state index < -0.39 is 0 Å². The molecule has 0 saturated heterocycles. The Kier molecular flexibility index (Phi) is 6.84. The van der Waals surface area contributed by atoms with Crippen LogP contribution in [0.15, 0.2) is 18.2 Å². The quantitative estimate of drug-likeness (QED) is 0.778. The number of carbonyl (C=O) groups is 1. The first-order valence-electron chi connectivity index (χ1n) is 8.06. The van der Waals surface area contributed by atoms with E-state index in [1.807, 2.05) is 12.1 Å². The number of anilines is 1. The van der Waals surface area contributed by atoms with Crippen molar-refractivity contribution in [1.82, 2.24) is 5.32 Å². The Morgan fingerprint density at radius 2 is 2.00 bits per heavy atom. The van der Waals surface area contributed by atoms with Crippen molar-refractivity contribution >= 4 is 23.2 Å². The highest BCUT2D eigenvalue weighted by molar-refractivity contribution is 6.30. The van der Waals surface area contributed by atoms with Crippen LogP contribution in [0.3, 0.4) is 0 Å². The lowest BCUT2D eigenvalue weighted by Crippen LogP contribution is -2.35. The van der Waals surface area contributed by atoms with Crippen LogP contribution in [0.25, 0.3) is 0 Å². The minimum Gasteiger partial charge on any atom is -0.495 e. The van der Waals surface area contributed by atoms with Crippen LogP contribution >= 0.6 is 11.6 Å². The zero-order valence-corrected chi connectivity index (χ0v) is 13.9. The van der Waals surface area contributed by atoms with E-state index in [9.17, 15) is 4.79 Å². The number of hydrogen-bond donors (Lipinski definition) is 2. The van der Waals surface area contributed by atoms with Gasteiger partial charge in [0.1, 0.15) is 5.75 Å². The fourth-order valence-electron chi connectivity index (χ4n) is 2.85. The second-order valence-corrected chi connectivity index (χ2v) is 6.21. The molecule has 0 radical (unpaired) electrons. The number of halogens is 1. The summed E-state index contributed by atoms with van der Waals surface area (Å²) in [4.78, 5) is 12.0. The maximum atomic E-state index is 12.0. The van der Waals surface area contributed by atoms with Gasteiger partial charge in [0.15, 0.2) is 0 Å². The van der Waals surface area contributed by atoms with E-state index in [1.165, 1.54) is 25.7 Å². The molecule has 1 aromatic rings. The van der Waals surface area contributed by atoms with Crippen LogP contribution in [-0.4, -0.2) is 25.6 Å². The number of ether oxygens (including phenoxy) is 1. The lowest BCUT2D eigenvalue weighted by Gasteiger charge is -2.16. The Morgan fingerprint density at radius 3 is 2.68 bits per heavy atom. The minimum atomic E-state index is 0.111. The van der Waals surface area contributed by atoms with Gasteiger partial charge < -0.3 is 15.4 Å². The van der Waals surface area contributed by atoms with Gasteiger partial charge in [-0.1, -0.05) is 37.3 Å². The molecule has 1 saturated carbocycles. The van der Waals surface area contributed by atoms with Gasteiger partial charge in [0.05, 0.1) is 12.8 Å². The average Bonchev–Trinajstić information content (AvgIpc) is 2.76. The fourth-order valence-corrected chi connectivity index (χ4v) is 3.02. The van der Waals surface area contributed by atoms with E-state index in [2.05, 4.69) is 10.6 Å². The molecule has 0 atom stereocenters. The predicted octanol–water partition coefficient (Wildman–Crippen LogP) is 3.99. The first-order chi connectivity index (χ1) is 10.7. The van der Waals surface area contributed by atoms with Gasteiger partial charge >= 0.3 is 0 Å². The Labute approximate surface area is 137 Å². The Morgan fingerprint density at radius 1 is 1.27 bits per heavy atom. The van der Waals surface area contributed by atoms with Crippen LogP contribution in [-0.2, 0) is 4.79 Å². The zero-order valence-electron chi connectivity index (χ0n) is 13.2. The normalized spacial score (nSPS) is 15.9. The van der Waals surface area contributed by atoms with Crippen LogP contribution < -0.4 is 15.4 Å². The summed E-state index contributed by atoms with van der Waals surface area (Å²) in [7, 11) is 1.62. The first kappa shape index (κ1) is 16.9. The molecule has 5 heteroatoms.